The molecule has 2 aliphatic rings. The van der Waals surface area contributed by atoms with Crippen LogP contribution in [0, 0.1) is 0 Å². The van der Waals surface area contributed by atoms with E-state index in [0.717, 1.165) is 22.2 Å². The van der Waals surface area contributed by atoms with Crippen molar-refractivity contribution >= 4 is 23.0 Å². The fraction of sp³-hybridized carbons (Fsp3) is 0.440. The van der Waals surface area contributed by atoms with E-state index in [-0.39, 0.29) is 12.0 Å². The predicted molar refractivity (Wildman–Crippen MR) is 131 cm³/mol. The summed E-state index contributed by atoms with van der Waals surface area (Å²) in [5, 5.41) is 10.6. The largest absolute Gasteiger partial charge is 0.490 e. The average Bonchev–Trinajstić information content (AvgIpc) is 3.68. The van der Waals surface area contributed by atoms with Crippen molar-refractivity contribution in [1.29, 1.82) is 0 Å². The average molecular weight is 552 g/mol. The number of carbonyl (C=O) groups is 1. The summed E-state index contributed by atoms with van der Waals surface area (Å²) in [6, 6.07) is 10.1. The number of likely N-dealkylation sites (tertiary alicyclic amines) is 1. The molecule has 0 radical (unpaired) electrons. The lowest BCUT2D eigenvalue weighted by Crippen LogP contribution is -2.40. The minimum Gasteiger partial charge on any atom is -0.490 e. The number of amides is 1. The number of thiazole rings is 1. The molecule has 0 spiro atoms. The molecule has 1 atom stereocenters. The van der Waals surface area contributed by atoms with Crippen LogP contribution in [0.15, 0.2) is 46.9 Å². The van der Waals surface area contributed by atoms with E-state index in [1.165, 1.54) is 11.3 Å². The second-order valence-electron chi connectivity index (χ2n) is 9.07. The second kappa shape index (κ2) is 11.5. The van der Waals surface area contributed by atoms with E-state index in [9.17, 15) is 22.4 Å². The number of benzene rings is 1. The van der Waals surface area contributed by atoms with Gasteiger partial charge in [0.05, 0.1) is 10.7 Å². The molecule has 0 N–H and O–H groups in total. The van der Waals surface area contributed by atoms with E-state index >= 15 is 0 Å². The van der Waals surface area contributed by atoms with Gasteiger partial charge in [-0.15, -0.1) is 11.3 Å². The number of oxime groups is 1. The Morgan fingerprint density at radius 1 is 1.13 bits per heavy atom. The number of piperidine rings is 1. The normalized spacial score (nSPS) is 18.2. The first-order valence-corrected chi connectivity index (χ1v) is 13.0. The van der Waals surface area contributed by atoms with Crippen LogP contribution in [0.5, 0.6) is 5.75 Å². The Morgan fingerprint density at radius 2 is 1.89 bits per heavy atom. The van der Waals surface area contributed by atoms with Crippen molar-refractivity contribution in [3.63, 3.8) is 0 Å². The van der Waals surface area contributed by atoms with Crippen molar-refractivity contribution in [3.8, 4) is 5.75 Å². The Morgan fingerprint density at radius 3 is 2.61 bits per heavy atom. The van der Waals surface area contributed by atoms with Gasteiger partial charge in [0.2, 0.25) is 5.91 Å². The monoisotopic (exact) mass is 551 g/mol. The zero-order valence-corrected chi connectivity index (χ0v) is 21.0. The first-order valence-electron chi connectivity index (χ1n) is 12.2. The van der Waals surface area contributed by atoms with Gasteiger partial charge in [-0.05, 0) is 31.0 Å². The quantitative estimate of drug-likeness (QED) is 0.342. The Balaban J connectivity index is 1.11. The number of halogens is 4. The summed E-state index contributed by atoms with van der Waals surface area (Å²) >= 11 is 1.53. The van der Waals surface area contributed by atoms with Crippen LogP contribution in [0.2, 0.25) is 0 Å². The minimum absolute atomic E-state index is 0.143. The van der Waals surface area contributed by atoms with Crippen LogP contribution in [0.1, 0.15) is 60.1 Å². The molecular weight excluding hydrogens is 526 g/mol. The lowest BCUT2D eigenvalue weighted by atomic mass is 9.97. The number of nitrogens with zero attached hydrogens (tertiary/aromatic N) is 5. The molecule has 1 aromatic carbocycles. The predicted octanol–water partition coefficient (Wildman–Crippen LogP) is 5.19. The van der Waals surface area contributed by atoms with Gasteiger partial charge in [-0.1, -0.05) is 23.4 Å². The zero-order valence-electron chi connectivity index (χ0n) is 20.2. The molecule has 3 aromatic rings. The molecule has 13 heteroatoms. The summed E-state index contributed by atoms with van der Waals surface area (Å²) in [6.45, 7) is 0.692. The summed E-state index contributed by atoms with van der Waals surface area (Å²) in [5.74, 6) is 0.474. The molecule has 8 nitrogen and oxygen atoms in total. The highest BCUT2D eigenvalue weighted by molar-refractivity contribution is 7.10. The van der Waals surface area contributed by atoms with Crippen LogP contribution in [-0.4, -0.2) is 57.1 Å². The number of para-hydroxylation sites is 1. The fourth-order valence-corrected chi connectivity index (χ4v) is 5.45. The van der Waals surface area contributed by atoms with Gasteiger partial charge < -0.3 is 14.5 Å². The first kappa shape index (κ1) is 26.1. The van der Waals surface area contributed by atoms with Gasteiger partial charge in [-0.2, -0.15) is 5.10 Å². The maximum absolute atomic E-state index is 13.2. The van der Waals surface area contributed by atoms with Crippen molar-refractivity contribution in [2.45, 2.75) is 50.7 Å². The lowest BCUT2D eigenvalue weighted by molar-refractivity contribution is -0.133. The van der Waals surface area contributed by atoms with Crippen LogP contribution in [0.3, 0.4) is 0 Å². The molecule has 2 aliphatic heterocycles. The molecule has 5 rings (SSSR count). The van der Waals surface area contributed by atoms with Gasteiger partial charge >= 0.3 is 0 Å². The van der Waals surface area contributed by atoms with Gasteiger partial charge in [0.1, 0.15) is 36.0 Å². The van der Waals surface area contributed by atoms with E-state index in [4.69, 9.17) is 14.6 Å². The van der Waals surface area contributed by atoms with E-state index in [1.807, 2.05) is 35.7 Å². The molecule has 0 saturated carbocycles. The van der Waals surface area contributed by atoms with Gasteiger partial charge in [0.25, 0.3) is 12.9 Å². The molecule has 4 heterocycles. The highest BCUT2D eigenvalue weighted by Gasteiger charge is 2.30. The number of hydrogen-bond acceptors (Lipinski definition) is 7. The molecule has 2 aromatic heterocycles. The third kappa shape index (κ3) is 5.98. The zero-order chi connectivity index (χ0) is 26.6. The SMILES string of the molecule is O=C(Cn1nc(C(F)F)cc1C(F)F)N1CCC(c2nc(C3=NOC(COc4ccccc4)C3)cs2)CC1. The summed E-state index contributed by atoms with van der Waals surface area (Å²) in [6.07, 6.45) is -4.30. The van der Waals surface area contributed by atoms with Crippen molar-refractivity contribution in [1.82, 2.24) is 19.7 Å². The van der Waals surface area contributed by atoms with Crippen molar-refractivity contribution in [2.24, 2.45) is 5.16 Å². The Hall–Kier alpha value is -3.48. The number of hydrogen-bond donors (Lipinski definition) is 0. The smallest absolute Gasteiger partial charge is 0.282 e. The number of ether oxygens (including phenoxy) is 1. The van der Waals surface area contributed by atoms with Crippen LogP contribution in [0.4, 0.5) is 17.6 Å². The number of rotatable bonds is 9. The molecular formula is C25H25F4N5O3S. The summed E-state index contributed by atoms with van der Waals surface area (Å²) in [5.41, 5.74) is 0.0722. The summed E-state index contributed by atoms with van der Waals surface area (Å²) in [4.78, 5) is 24.5. The highest BCUT2D eigenvalue weighted by Crippen LogP contribution is 2.32. The number of carbonyl (C=O) groups excluding carboxylic acids is 1. The molecule has 202 valence electrons. The van der Waals surface area contributed by atoms with E-state index in [0.29, 0.717) is 49.7 Å². The van der Waals surface area contributed by atoms with Gasteiger partial charge in [-0.25, -0.2) is 22.5 Å². The standard InChI is InChI=1S/C25H25F4N5O3S/c26-23(27)19-11-21(24(28)29)34(31-19)12-22(35)33-8-6-15(7-9-33)25-30-20(14-38-25)18-10-17(37-32-18)13-36-16-4-2-1-3-5-16/h1-5,11,14-15,17,23-24H,6-10,12-13H2. The van der Waals surface area contributed by atoms with Crippen molar-refractivity contribution in [2.75, 3.05) is 19.7 Å². The van der Waals surface area contributed by atoms with Gasteiger partial charge in [0.15, 0.2) is 6.10 Å². The van der Waals surface area contributed by atoms with Crippen LogP contribution in [0.25, 0.3) is 0 Å². The van der Waals surface area contributed by atoms with Crippen molar-refractivity contribution in [3.05, 3.63) is 63.9 Å². The highest BCUT2D eigenvalue weighted by atomic mass is 32.1. The Bertz CT molecular complexity index is 1280. The maximum Gasteiger partial charge on any atom is 0.282 e. The molecule has 1 fully saturated rings. The molecule has 0 bridgehead atoms. The molecule has 1 amide bonds. The second-order valence-corrected chi connectivity index (χ2v) is 9.96. The number of aromatic nitrogens is 3. The lowest BCUT2D eigenvalue weighted by Gasteiger charge is -2.31. The molecule has 1 unspecified atom stereocenters. The Kier molecular flexibility index (Phi) is 7.91. The minimum atomic E-state index is -3.01. The van der Waals surface area contributed by atoms with E-state index in [2.05, 4.69) is 10.3 Å². The number of alkyl halides is 4. The maximum atomic E-state index is 13.2. The van der Waals surface area contributed by atoms with Crippen LogP contribution >= 0.6 is 11.3 Å². The molecule has 38 heavy (non-hydrogen) atoms. The van der Waals surface area contributed by atoms with Gasteiger partial charge in [-0.3, -0.25) is 9.48 Å². The van der Waals surface area contributed by atoms with Crippen LogP contribution < -0.4 is 4.74 Å². The van der Waals surface area contributed by atoms with Gasteiger partial charge in [0, 0.05) is 30.8 Å². The molecule has 1 saturated heterocycles. The third-order valence-electron chi connectivity index (χ3n) is 6.49. The fourth-order valence-electron chi connectivity index (χ4n) is 4.45. The summed E-state index contributed by atoms with van der Waals surface area (Å²) < 4.78 is 58.7. The Labute approximate surface area is 219 Å². The van der Waals surface area contributed by atoms with Crippen LogP contribution in [-0.2, 0) is 16.2 Å². The third-order valence-corrected chi connectivity index (χ3v) is 7.50. The first-order chi connectivity index (χ1) is 18.4. The van der Waals surface area contributed by atoms with Crippen molar-refractivity contribution < 1.29 is 31.9 Å². The van der Waals surface area contributed by atoms with E-state index in [1.54, 1.807) is 4.90 Å². The topological polar surface area (TPSA) is 81.8 Å². The molecule has 0 aliphatic carbocycles. The summed E-state index contributed by atoms with van der Waals surface area (Å²) in [7, 11) is 0. The van der Waals surface area contributed by atoms with E-state index < -0.39 is 36.7 Å².